The first-order chi connectivity index (χ1) is 10.1. The second kappa shape index (κ2) is 4.93. The summed E-state index contributed by atoms with van der Waals surface area (Å²) in [6, 6.07) is 6.87. The number of nitrogens with zero attached hydrogens (tertiary/aromatic N) is 2. The van der Waals surface area contributed by atoms with E-state index in [4.69, 9.17) is 9.84 Å². The maximum absolute atomic E-state index is 12.6. The Morgan fingerprint density at radius 2 is 2.19 bits per heavy atom. The van der Waals surface area contributed by atoms with Crippen molar-refractivity contribution in [1.29, 1.82) is 0 Å². The average molecular weight is 287 g/mol. The highest BCUT2D eigenvalue weighted by molar-refractivity contribution is 6.08. The molecule has 0 fully saturated rings. The van der Waals surface area contributed by atoms with Crippen LogP contribution in [0.2, 0.25) is 0 Å². The summed E-state index contributed by atoms with van der Waals surface area (Å²) in [5, 5.41) is 15.7. The topological polar surface area (TPSA) is 95.5 Å². The van der Waals surface area contributed by atoms with Crippen LogP contribution in [0.25, 0.3) is 0 Å². The number of benzene rings is 1. The Hall–Kier alpha value is -2.83. The molecule has 0 saturated carbocycles. The molecule has 2 heterocycles. The molecule has 0 spiro atoms. The van der Waals surface area contributed by atoms with Gasteiger partial charge in [0.1, 0.15) is 5.75 Å². The molecule has 1 aromatic carbocycles. The third kappa shape index (κ3) is 2.22. The van der Waals surface area contributed by atoms with Crippen molar-refractivity contribution in [3.8, 4) is 5.75 Å². The number of aliphatic carboxylic acids is 1. The third-order valence-electron chi connectivity index (χ3n) is 3.35. The fourth-order valence-corrected chi connectivity index (χ4v) is 2.27. The summed E-state index contributed by atoms with van der Waals surface area (Å²) in [6.45, 7) is 1.69. The largest absolute Gasteiger partial charge is 0.478 e. The van der Waals surface area contributed by atoms with E-state index < -0.39 is 12.1 Å². The number of carbonyl (C=O) groups is 2. The summed E-state index contributed by atoms with van der Waals surface area (Å²) in [5.41, 5.74) is 1.60. The van der Waals surface area contributed by atoms with Gasteiger partial charge in [-0.2, -0.15) is 5.10 Å². The molecule has 0 bridgehead atoms. The molecule has 0 aliphatic carbocycles. The molecule has 1 aromatic heterocycles. The zero-order valence-electron chi connectivity index (χ0n) is 11.2. The van der Waals surface area contributed by atoms with Crippen LogP contribution in [-0.4, -0.2) is 39.8 Å². The van der Waals surface area contributed by atoms with E-state index in [-0.39, 0.29) is 12.5 Å². The van der Waals surface area contributed by atoms with Gasteiger partial charge in [0.25, 0.3) is 5.91 Å². The lowest BCUT2D eigenvalue weighted by Gasteiger charge is -2.32. The van der Waals surface area contributed by atoms with Crippen molar-refractivity contribution in [3.63, 3.8) is 0 Å². The highest BCUT2D eigenvalue weighted by Gasteiger charge is 2.34. The number of carboxylic acids is 1. The normalized spacial score (nSPS) is 17.0. The Balaban J connectivity index is 2.02. The Bertz CT molecular complexity index is 710. The number of hydrogen-bond acceptors (Lipinski definition) is 4. The predicted octanol–water partition coefficient (Wildman–Crippen LogP) is 1.21. The Kier molecular flexibility index (Phi) is 3.09. The number of fused-ring (bicyclic) bond motifs is 1. The maximum atomic E-state index is 12.6. The van der Waals surface area contributed by atoms with Gasteiger partial charge in [0.05, 0.1) is 24.0 Å². The summed E-state index contributed by atoms with van der Waals surface area (Å²) in [4.78, 5) is 25.2. The van der Waals surface area contributed by atoms with Gasteiger partial charge in [-0.3, -0.25) is 9.89 Å². The average Bonchev–Trinajstić information content (AvgIpc) is 2.91. The standard InChI is InChI=1S/C14H13N3O4/c1-8-9(6-15-16-8)13(18)17-7-12(14(19)20)21-11-5-3-2-4-10(11)17/h2-6,12H,7H2,1H3,(H,15,16)(H,19,20). The van der Waals surface area contributed by atoms with Crippen molar-refractivity contribution < 1.29 is 19.4 Å². The summed E-state index contributed by atoms with van der Waals surface area (Å²) in [6.07, 6.45) is 0.349. The van der Waals surface area contributed by atoms with E-state index in [9.17, 15) is 9.59 Å². The molecule has 1 atom stereocenters. The number of H-pyrrole nitrogens is 1. The van der Waals surface area contributed by atoms with E-state index in [2.05, 4.69) is 10.2 Å². The zero-order valence-corrected chi connectivity index (χ0v) is 11.2. The van der Waals surface area contributed by atoms with E-state index in [1.54, 1.807) is 31.2 Å². The van der Waals surface area contributed by atoms with E-state index in [1.165, 1.54) is 11.1 Å². The molecule has 2 N–H and O–H groups in total. The lowest BCUT2D eigenvalue weighted by atomic mass is 10.1. The molecule has 7 nitrogen and oxygen atoms in total. The van der Waals surface area contributed by atoms with Crippen molar-refractivity contribution in [1.82, 2.24) is 10.2 Å². The van der Waals surface area contributed by atoms with Gasteiger partial charge in [-0.25, -0.2) is 4.79 Å². The van der Waals surface area contributed by atoms with E-state index >= 15 is 0 Å². The fraction of sp³-hybridized carbons (Fsp3) is 0.214. The number of hydrogen-bond donors (Lipinski definition) is 2. The first kappa shape index (κ1) is 13.2. The zero-order chi connectivity index (χ0) is 15.0. The minimum atomic E-state index is -1.11. The number of aromatic amines is 1. The van der Waals surface area contributed by atoms with Crippen LogP contribution in [0.4, 0.5) is 5.69 Å². The number of para-hydroxylation sites is 2. The number of ether oxygens (including phenoxy) is 1. The van der Waals surface area contributed by atoms with Crippen LogP contribution in [0.1, 0.15) is 16.1 Å². The van der Waals surface area contributed by atoms with Crippen LogP contribution in [0, 0.1) is 6.92 Å². The van der Waals surface area contributed by atoms with Gasteiger partial charge < -0.3 is 14.7 Å². The molecule has 21 heavy (non-hydrogen) atoms. The van der Waals surface area contributed by atoms with Crippen molar-refractivity contribution in [2.75, 3.05) is 11.4 Å². The quantitative estimate of drug-likeness (QED) is 0.865. The molecule has 2 aromatic rings. The first-order valence-electron chi connectivity index (χ1n) is 6.38. The molecular weight excluding hydrogens is 274 g/mol. The first-order valence-corrected chi connectivity index (χ1v) is 6.38. The van der Waals surface area contributed by atoms with Crippen molar-refractivity contribution in [2.45, 2.75) is 13.0 Å². The van der Waals surface area contributed by atoms with Crippen LogP contribution in [-0.2, 0) is 4.79 Å². The summed E-state index contributed by atoms with van der Waals surface area (Å²) < 4.78 is 5.40. The van der Waals surface area contributed by atoms with Gasteiger partial charge in [0.15, 0.2) is 0 Å². The maximum Gasteiger partial charge on any atom is 0.346 e. The van der Waals surface area contributed by atoms with Gasteiger partial charge >= 0.3 is 5.97 Å². The molecule has 108 valence electrons. The number of aryl methyl sites for hydroxylation is 1. The van der Waals surface area contributed by atoms with Crippen LogP contribution in [0.5, 0.6) is 5.75 Å². The lowest BCUT2D eigenvalue weighted by molar-refractivity contribution is -0.144. The minimum Gasteiger partial charge on any atom is -0.478 e. The van der Waals surface area contributed by atoms with Crippen molar-refractivity contribution in [2.24, 2.45) is 0 Å². The van der Waals surface area contributed by atoms with Crippen LogP contribution in [0.15, 0.2) is 30.5 Å². The van der Waals surface area contributed by atoms with Crippen LogP contribution < -0.4 is 9.64 Å². The third-order valence-corrected chi connectivity index (χ3v) is 3.35. The van der Waals surface area contributed by atoms with Gasteiger partial charge in [-0.1, -0.05) is 12.1 Å². The SMILES string of the molecule is Cc1[nH]ncc1C(=O)N1CC(C(=O)O)Oc2ccccc21. The highest BCUT2D eigenvalue weighted by Crippen LogP contribution is 2.34. The molecule has 1 amide bonds. The monoisotopic (exact) mass is 287 g/mol. The smallest absolute Gasteiger partial charge is 0.346 e. The molecule has 1 aliphatic heterocycles. The summed E-state index contributed by atoms with van der Waals surface area (Å²) in [5.74, 6) is -1.03. The molecule has 7 heteroatoms. The van der Waals surface area contributed by atoms with Gasteiger partial charge in [-0.05, 0) is 19.1 Å². The van der Waals surface area contributed by atoms with E-state index in [1.807, 2.05) is 0 Å². The molecular formula is C14H13N3O4. The number of amides is 1. The molecule has 3 rings (SSSR count). The highest BCUT2D eigenvalue weighted by atomic mass is 16.5. The van der Waals surface area contributed by atoms with Crippen molar-refractivity contribution in [3.05, 3.63) is 41.7 Å². The van der Waals surface area contributed by atoms with Gasteiger partial charge in [0.2, 0.25) is 6.10 Å². The fourth-order valence-electron chi connectivity index (χ4n) is 2.27. The molecule has 1 aliphatic rings. The molecule has 0 saturated heterocycles. The van der Waals surface area contributed by atoms with E-state index in [0.29, 0.717) is 22.7 Å². The van der Waals surface area contributed by atoms with Gasteiger partial charge in [-0.15, -0.1) is 0 Å². The van der Waals surface area contributed by atoms with Crippen molar-refractivity contribution >= 4 is 17.6 Å². The number of rotatable bonds is 2. The van der Waals surface area contributed by atoms with Crippen LogP contribution in [0.3, 0.4) is 0 Å². The summed E-state index contributed by atoms with van der Waals surface area (Å²) in [7, 11) is 0. The Morgan fingerprint density at radius 1 is 1.43 bits per heavy atom. The molecule has 0 radical (unpaired) electrons. The Labute approximate surface area is 120 Å². The van der Waals surface area contributed by atoms with Crippen LogP contribution >= 0.6 is 0 Å². The number of aromatic nitrogens is 2. The van der Waals surface area contributed by atoms with E-state index in [0.717, 1.165) is 0 Å². The minimum absolute atomic E-state index is 0.0458. The molecule has 1 unspecified atom stereocenters. The lowest BCUT2D eigenvalue weighted by Crippen LogP contribution is -2.47. The number of carboxylic acid groups (broad SMARTS) is 1. The second-order valence-electron chi connectivity index (χ2n) is 4.74. The van der Waals surface area contributed by atoms with Gasteiger partial charge in [0, 0.05) is 5.69 Å². The number of carbonyl (C=O) groups excluding carboxylic acids is 1. The summed E-state index contributed by atoms with van der Waals surface area (Å²) >= 11 is 0. The Morgan fingerprint density at radius 3 is 2.86 bits per heavy atom. The number of nitrogens with one attached hydrogen (secondary N) is 1. The second-order valence-corrected chi connectivity index (χ2v) is 4.74. The predicted molar refractivity (Wildman–Crippen MR) is 73.5 cm³/mol. The number of anilines is 1.